The first-order valence-corrected chi connectivity index (χ1v) is 9.73. The Labute approximate surface area is 162 Å². The van der Waals surface area contributed by atoms with E-state index < -0.39 is 6.10 Å². The maximum absolute atomic E-state index is 12.3. The van der Waals surface area contributed by atoms with Crippen LogP contribution in [0.2, 0.25) is 0 Å². The number of hydrogen-bond acceptors (Lipinski definition) is 3. The summed E-state index contributed by atoms with van der Waals surface area (Å²) in [5.41, 5.74) is 3.43. The Bertz CT molecular complexity index is 722. The lowest BCUT2D eigenvalue weighted by Crippen LogP contribution is -2.37. The molecule has 2 aromatic rings. The second-order valence-corrected chi connectivity index (χ2v) is 6.93. The van der Waals surface area contributed by atoms with Crippen molar-refractivity contribution in [2.24, 2.45) is 0 Å². The van der Waals surface area contributed by atoms with E-state index in [0.717, 1.165) is 48.5 Å². The van der Waals surface area contributed by atoms with E-state index in [1.54, 1.807) is 6.92 Å². The van der Waals surface area contributed by atoms with Gasteiger partial charge in [-0.1, -0.05) is 31.2 Å². The summed E-state index contributed by atoms with van der Waals surface area (Å²) in [6, 6.07) is 14.1. The summed E-state index contributed by atoms with van der Waals surface area (Å²) >= 11 is 0. The topological polar surface area (TPSA) is 47.6 Å². The Hall–Kier alpha value is -2.49. The molecule has 0 aliphatic heterocycles. The Kier molecular flexibility index (Phi) is 8.18. The second kappa shape index (κ2) is 10.6. The molecule has 4 heteroatoms. The van der Waals surface area contributed by atoms with Gasteiger partial charge >= 0.3 is 0 Å². The molecule has 1 atom stereocenters. The zero-order chi connectivity index (χ0) is 19.6. The maximum atomic E-state index is 12.3. The summed E-state index contributed by atoms with van der Waals surface area (Å²) in [7, 11) is 0. The van der Waals surface area contributed by atoms with Crippen LogP contribution in [0, 0.1) is 13.8 Å². The molecule has 0 saturated carbocycles. The van der Waals surface area contributed by atoms with Crippen LogP contribution in [0.1, 0.15) is 43.4 Å². The average Bonchev–Trinajstić information content (AvgIpc) is 2.63. The summed E-state index contributed by atoms with van der Waals surface area (Å²) in [5.74, 6) is 1.58. The van der Waals surface area contributed by atoms with Crippen molar-refractivity contribution in [2.45, 2.75) is 53.1 Å². The first-order valence-electron chi connectivity index (χ1n) is 9.73. The highest BCUT2D eigenvalue weighted by atomic mass is 16.5. The molecule has 1 amide bonds. The van der Waals surface area contributed by atoms with Crippen molar-refractivity contribution in [3.05, 3.63) is 59.2 Å². The van der Waals surface area contributed by atoms with E-state index >= 15 is 0 Å². The van der Waals surface area contributed by atoms with E-state index in [9.17, 15) is 4.79 Å². The van der Waals surface area contributed by atoms with E-state index in [-0.39, 0.29) is 5.91 Å². The molecular weight excluding hydrogens is 338 g/mol. The number of aryl methyl sites for hydroxylation is 3. The molecule has 0 heterocycles. The van der Waals surface area contributed by atoms with Gasteiger partial charge < -0.3 is 14.8 Å². The summed E-state index contributed by atoms with van der Waals surface area (Å²) in [6.07, 6.45) is 2.19. The first kappa shape index (κ1) is 20.8. The molecule has 0 aromatic heterocycles. The Balaban J connectivity index is 1.77. The molecule has 0 fully saturated rings. The Morgan fingerprint density at radius 2 is 1.81 bits per heavy atom. The van der Waals surface area contributed by atoms with Gasteiger partial charge in [-0.15, -0.1) is 0 Å². The maximum Gasteiger partial charge on any atom is 0.260 e. The zero-order valence-corrected chi connectivity index (χ0v) is 16.9. The number of carbonyl (C=O) groups is 1. The molecule has 0 unspecified atom stereocenters. The van der Waals surface area contributed by atoms with Crippen LogP contribution in [0.25, 0.3) is 0 Å². The van der Waals surface area contributed by atoms with Crippen LogP contribution in [-0.2, 0) is 11.2 Å². The molecule has 2 rings (SSSR count). The number of amides is 1. The van der Waals surface area contributed by atoms with Crippen molar-refractivity contribution in [1.82, 2.24) is 5.32 Å². The van der Waals surface area contributed by atoms with Gasteiger partial charge in [0.05, 0.1) is 6.61 Å². The Morgan fingerprint density at radius 1 is 1.11 bits per heavy atom. The fourth-order valence-corrected chi connectivity index (χ4v) is 2.96. The molecule has 0 spiro atoms. The standard InChI is InChI=1S/C23H31NO3/c1-5-13-26-22-11-7-6-9-20(22)10-8-12-24-23(25)19(4)27-21-15-17(2)14-18(3)16-21/h6-7,9,11,14-16,19H,5,8,10,12-13H2,1-4H3,(H,24,25)/t19-/m0/s1. The zero-order valence-electron chi connectivity index (χ0n) is 16.9. The number of hydrogen-bond donors (Lipinski definition) is 1. The smallest absolute Gasteiger partial charge is 0.260 e. The van der Waals surface area contributed by atoms with E-state index in [1.807, 2.05) is 44.2 Å². The van der Waals surface area contributed by atoms with E-state index in [1.165, 1.54) is 5.56 Å². The van der Waals surface area contributed by atoms with Crippen LogP contribution < -0.4 is 14.8 Å². The summed E-state index contributed by atoms with van der Waals surface area (Å²) < 4.78 is 11.6. The molecule has 2 aromatic carbocycles. The molecule has 4 nitrogen and oxygen atoms in total. The van der Waals surface area contributed by atoms with Crippen LogP contribution in [0.4, 0.5) is 0 Å². The summed E-state index contributed by atoms with van der Waals surface area (Å²) in [4.78, 5) is 12.3. The number of para-hydroxylation sites is 1. The molecular formula is C23H31NO3. The predicted octanol–water partition coefficient (Wildman–Crippen LogP) is 4.61. The highest BCUT2D eigenvalue weighted by Gasteiger charge is 2.14. The van der Waals surface area contributed by atoms with Gasteiger partial charge in [-0.2, -0.15) is 0 Å². The lowest BCUT2D eigenvalue weighted by molar-refractivity contribution is -0.127. The highest BCUT2D eigenvalue weighted by Crippen LogP contribution is 2.20. The third-order valence-corrected chi connectivity index (χ3v) is 4.23. The summed E-state index contributed by atoms with van der Waals surface area (Å²) in [5, 5.41) is 2.96. The van der Waals surface area contributed by atoms with Gasteiger partial charge in [0.15, 0.2) is 6.10 Å². The molecule has 0 bridgehead atoms. The minimum absolute atomic E-state index is 0.0929. The van der Waals surface area contributed by atoms with E-state index in [2.05, 4.69) is 24.4 Å². The predicted molar refractivity (Wildman–Crippen MR) is 110 cm³/mol. The number of ether oxygens (including phenoxy) is 2. The normalized spacial score (nSPS) is 11.7. The lowest BCUT2D eigenvalue weighted by Gasteiger charge is -2.16. The van der Waals surface area contributed by atoms with Crippen molar-refractivity contribution >= 4 is 5.91 Å². The average molecular weight is 370 g/mol. The second-order valence-electron chi connectivity index (χ2n) is 6.93. The van der Waals surface area contributed by atoms with Gasteiger partial charge in [-0.05, 0) is 74.9 Å². The Morgan fingerprint density at radius 3 is 2.52 bits per heavy atom. The van der Waals surface area contributed by atoms with Crippen molar-refractivity contribution in [1.29, 1.82) is 0 Å². The molecule has 27 heavy (non-hydrogen) atoms. The number of carbonyl (C=O) groups excluding carboxylic acids is 1. The van der Waals surface area contributed by atoms with Crippen molar-refractivity contribution in [2.75, 3.05) is 13.2 Å². The monoisotopic (exact) mass is 369 g/mol. The molecule has 0 aliphatic carbocycles. The highest BCUT2D eigenvalue weighted by molar-refractivity contribution is 5.80. The van der Waals surface area contributed by atoms with Crippen LogP contribution >= 0.6 is 0 Å². The van der Waals surface area contributed by atoms with Gasteiger partial charge in [-0.3, -0.25) is 4.79 Å². The van der Waals surface area contributed by atoms with Gasteiger partial charge in [0.25, 0.3) is 5.91 Å². The minimum Gasteiger partial charge on any atom is -0.493 e. The van der Waals surface area contributed by atoms with E-state index in [4.69, 9.17) is 9.47 Å². The third-order valence-electron chi connectivity index (χ3n) is 4.23. The van der Waals surface area contributed by atoms with Crippen LogP contribution in [-0.4, -0.2) is 25.2 Å². The van der Waals surface area contributed by atoms with Gasteiger partial charge in [0.1, 0.15) is 11.5 Å². The van der Waals surface area contributed by atoms with Crippen LogP contribution in [0.5, 0.6) is 11.5 Å². The molecule has 1 N–H and O–H groups in total. The fraction of sp³-hybridized carbons (Fsp3) is 0.435. The van der Waals surface area contributed by atoms with Crippen LogP contribution in [0.3, 0.4) is 0 Å². The minimum atomic E-state index is -0.522. The fourth-order valence-electron chi connectivity index (χ4n) is 2.96. The van der Waals surface area contributed by atoms with Gasteiger partial charge in [0.2, 0.25) is 0 Å². The van der Waals surface area contributed by atoms with Crippen LogP contribution in [0.15, 0.2) is 42.5 Å². The van der Waals surface area contributed by atoms with Crippen molar-refractivity contribution < 1.29 is 14.3 Å². The summed E-state index contributed by atoms with van der Waals surface area (Å²) in [6.45, 7) is 9.25. The number of benzene rings is 2. The number of nitrogens with one attached hydrogen (secondary N) is 1. The molecule has 0 radical (unpaired) electrons. The van der Waals surface area contributed by atoms with Crippen molar-refractivity contribution in [3.8, 4) is 11.5 Å². The third kappa shape index (κ3) is 6.97. The van der Waals surface area contributed by atoms with Gasteiger partial charge in [0, 0.05) is 6.54 Å². The van der Waals surface area contributed by atoms with E-state index in [0.29, 0.717) is 6.54 Å². The molecule has 0 saturated heterocycles. The molecule has 0 aliphatic rings. The first-order chi connectivity index (χ1) is 13.0. The number of rotatable bonds is 10. The molecule has 146 valence electrons. The SMILES string of the molecule is CCCOc1ccccc1CCCNC(=O)[C@H](C)Oc1cc(C)cc(C)c1. The van der Waals surface area contributed by atoms with Gasteiger partial charge in [-0.25, -0.2) is 0 Å². The van der Waals surface area contributed by atoms with Crippen molar-refractivity contribution in [3.63, 3.8) is 0 Å². The lowest BCUT2D eigenvalue weighted by atomic mass is 10.1. The quantitative estimate of drug-likeness (QED) is 0.622. The largest absolute Gasteiger partial charge is 0.493 e.